The Morgan fingerprint density at radius 2 is 2.50 bits per heavy atom. The zero-order chi connectivity index (χ0) is 8.39. The smallest absolute Gasteiger partial charge is 0.0949 e. The summed E-state index contributed by atoms with van der Waals surface area (Å²) in [5, 5.41) is 3.29. The van der Waals surface area contributed by atoms with Crippen molar-refractivity contribution in [2.45, 2.75) is 12.1 Å². The van der Waals surface area contributed by atoms with Gasteiger partial charge in [0.2, 0.25) is 0 Å². The second kappa shape index (κ2) is 3.25. The molecule has 0 aliphatic carbocycles. The van der Waals surface area contributed by atoms with Gasteiger partial charge in [-0.05, 0) is 0 Å². The van der Waals surface area contributed by atoms with Gasteiger partial charge in [-0.2, -0.15) is 0 Å². The highest BCUT2D eigenvalue weighted by Gasteiger charge is 2.27. The van der Waals surface area contributed by atoms with E-state index in [0.29, 0.717) is 6.04 Å². The van der Waals surface area contributed by atoms with Gasteiger partial charge in [-0.1, -0.05) is 0 Å². The van der Waals surface area contributed by atoms with Gasteiger partial charge in [0.15, 0.2) is 0 Å². The first-order valence-electron chi connectivity index (χ1n) is 4.13. The Kier molecular flexibility index (Phi) is 2.10. The molecule has 0 spiro atoms. The predicted molar refractivity (Wildman–Crippen MR) is 44.9 cm³/mol. The van der Waals surface area contributed by atoms with Crippen LogP contribution in [0.3, 0.4) is 0 Å². The van der Waals surface area contributed by atoms with Crippen molar-refractivity contribution in [2.75, 3.05) is 20.2 Å². The average Bonchev–Trinajstić information content (AvgIpc) is 2.74. The molecule has 0 radical (unpaired) electrons. The molecule has 4 heteroatoms. The fourth-order valence-corrected chi connectivity index (χ4v) is 1.64. The summed E-state index contributed by atoms with van der Waals surface area (Å²) in [6.07, 6.45) is 5.89. The number of nitrogens with one attached hydrogen (secondary N) is 1. The van der Waals surface area contributed by atoms with Crippen LogP contribution >= 0.6 is 0 Å². The topological polar surface area (TPSA) is 39.1 Å². The fraction of sp³-hybridized carbons (Fsp3) is 0.625. The van der Waals surface area contributed by atoms with E-state index in [2.05, 4.69) is 14.9 Å². The molecule has 0 amide bonds. The first-order chi connectivity index (χ1) is 5.92. The van der Waals surface area contributed by atoms with Gasteiger partial charge in [0.05, 0.1) is 18.5 Å². The molecule has 1 aliphatic heterocycles. The standard InChI is InChI=1S/C8H13N3O/c1-12-8-5-10-4-7(8)11-3-2-9-6-11/h2-3,6-8,10H,4-5H2,1H3. The van der Waals surface area contributed by atoms with Crippen LogP contribution in [-0.4, -0.2) is 35.9 Å². The van der Waals surface area contributed by atoms with E-state index >= 15 is 0 Å². The van der Waals surface area contributed by atoms with Gasteiger partial charge in [0, 0.05) is 32.6 Å². The summed E-state index contributed by atoms with van der Waals surface area (Å²) >= 11 is 0. The van der Waals surface area contributed by atoms with Crippen molar-refractivity contribution in [3.8, 4) is 0 Å². The molecule has 2 unspecified atom stereocenters. The third-order valence-electron chi connectivity index (χ3n) is 2.34. The molecule has 0 aromatic carbocycles. The Hall–Kier alpha value is -0.870. The SMILES string of the molecule is COC1CNCC1n1ccnc1. The molecule has 1 N–H and O–H groups in total. The van der Waals surface area contributed by atoms with Crippen molar-refractivity contribution in [2.24, 2.45) is 0 Å². The lowest BCUT2D eigenvalue weighted by molar-refractivity contribution is 0.0866. The van der Waals surface area contributed by atoms with E-state index < -0.39 is 0 Å². The second-order valence-electron chi connectivity index (χ2n) is 3.01. The maximum absolute atomic E-state index is 5.34. The van der Waals surface area contributed by atoms with Crippen molar-refractivity contribution in [1.29, 1.82) is 0 Å². The molecule has 2 rings (SSSR count). The quantitative estimate of drug-likeness (QED) is 0.676. The summed E-state index contributed by atoms with van der Waals surface area (Å²) in [6, 6.07) is 0.400. The Bertz CT molecular complexity index is 234. The normalized spacial score (nSPS) is 29.4. The summed E-state index contributed by atoms with van der Waals surface area (Å²) in [6.45, 7) is 1.90. The molecule has 1 aromatic heterocycles. The largest absolute Gasteiger partial charge is 0.378 e. The van der Waals surface area contributed by atoms with Gasteiger partial charge in [0.1, 0.15) is 0 Å². The minimum absolute atomic E-state index is 0.277. The third-order valence-corrected chi connectivity index (χ3v) is 2.34. The predicted octanol–water partition coefficient (Wildman–Crippen LogP) is 0.0424. The molecule has 4 nitrogen and oxygen atoms in total. The third kappa shape index (κ3) is 1.23. The lowest BCUT2D eigenvalue weighted by atomic mass is 10.2. The highest BCUT2D eigenvalue weighted by atomic mass is 16.5. The van der Waals surface area contributed by atoms with Gasteiger partial charge < -0.3 is 14.6 Å². The van der Waals surface area contributed by atoms with Gasteiger partial charge >= 0.3 is 0 Å². The van der Waals surface area contributed by atoms with Crippen molar-refractivity contribution in [3.05, 3.63) is 18.7 Å². The maximum Gasteiger partial charge on any atom is 0.0949 e. The average molecular weight is 167 g/mol. The molecule has 0 saturated carbocycles. The van der Waals surface area contributed by atoms with E-state index in [-0.39, 0.29) is 6.10 Å². The van der Waals surface area contributed by atoms with Crippen LogP contribution in [0.2, 0.25) is 0 Å². The number of methoxy groups -OCH3 is 1. The lowest BCUT2D eigenvalue weighted by Gasteiger charge is -2.17. The Labute approximate surface area is 71.6 Å². The van der Waals surface area contributed by atoms with Crippen LogP contribution in [-0.2, 0) is 4.74 Å². The Morgan fingerprint density at radius 3 is 3.17 bits per heavy atom. The van der Waals surface area contributed by atoms with Crippen LogP contribution in [0.25, 0.3) is 0 Å². The zero-order valence-electron chi connectivity index (χ0n) is 7.10. The minimum Gasteiger partial charge on any atom is -0.378 e. The lowest BCUT2D eigenvalue weighted by Crippen LogP contribution is -2.23. The number of rotatable bonds is 2. The molecule has 12 heavy (non-hydrogen) atoms. The summed E-state index contributed by atoms with van der Waals surface area (Å²) in [5.41, 5.74) is 0. The number of ether oxygens (including phenoxy) is 1. The van der Waals surface area contributed by atoms with Crippen LogP contribution in [0.15, 0.2) is 18.7 Å². The molecule has 1 saturated heterocycles. The molecule has 1 fully saturated rings. The summed E-state index contributed by atoms with van der Waals surface area (Å²) in [7, 11) is 1.75. The van der Waals surface area contributed by atoms with E-state index in [1.54, 1.807) is 13.3 Å². The van der Waals surface area contributed by atoms with Crippen molar-refractivity contribution in [3.63, 3.8) is 0 Å². The molecular weight excluding hydrogens is 154 g/mol. The highest BCUT2D eigenvalue weighted by molar-refractivity contribution is 4.91. The summed E-state index contributed by atoms with van der Waals surface area (Å²) in [4.78, 5) is 4.02. The van der Waals surface area contributed by atoms with E-state index in [1.807, 2.05) is 12.5 Å². The van der Waals surface area contributed by atoms with E-state index in [9.17, 15) is 0 Å². The maximum atomic E-state index is 5.34. The molecule has 2 atom stereocenters. The van der Waals surface area contributed by atoms with Crippen molar-refractivity contribution < 1.29 is 4.74 Å². The summed E-state index contributed by atoms with van der Waals surface area (Å²) < 4.78 is 7.43. The van der Waals surface area contributed by atoms with E-state index in [0.717, 1.165) is 13.1 Å². The molecule has 2 heterocycles. The number of hydrogen-bond donors (Lipinski definition) is 1. The highest BCUT2D eigenvalue weighted by Crippen LogP contribution is 2.17. The van der Waals surface area contributed by atoms with Crippen LogP contribution < -0.4 is 5.32 Å². The first kappa shape index (κ1) is 7.76. The summed E-state index contributed by atoms with van der Waals surface area (Å²) in [5.74, 6) is 0. The molecule has 1 aliphatic rings. The van der Waals surface area contributed by atoms with E-state index in [4.69, 9.17) is 4.74 Å². The molecular formula is C8H13N3O. The first-order valence-corrected chi connectivity index (χ1v) is 4.13. The number of nitrogens with zero attached hydrogens (tertiary/aromatic N) is 2. The Morgan fingerprint density at radius 1 is 1.58 bits per heavy atom. The van der Waals surface area contributed by atoms with Crippen molar-refractivity contribution in [1.82, 2.24) is 14.9 Å². The number of hydrogen-bond acceptors (Lipinski definition) is 3. The van der Waals surface area contributed by atoms with Crippen LogP contribution in [0.4, 0.5) is 0 Å². The van der Waals surface area contributed by atoms with Gasteiger partial charge in [0.25, 0.3) is 0 Å². The fourth-order valence-electron chi connectivity index (χ4n) is 1.64. The minimum atomic E-state index is 0.277. The van der Waals surface area contributed by atoms with E-state index in [1.165, 1.54) is 0 Å². The second-order valence-corrected chi connectivity index (χ2v) is 3.01. The zero-order valence-corrected chi connectivity index (χ0v) is 7.10. The van der Waals surface area contributed by atoms with Crippen LogP contribution in [0, 0.1) is 0 Å². The van der Waals surface area contributed by atoms with Crippen molar-refractivity contribution >= 4 is 0 Å². The van der Waals surface area contributed by atoms with Crippen LogP contribution in [0.1, 0.15) is 6.04 Å². The number of aromatic nitrogens is 2. The molecule has 0 bridgehead atoms. The molecule has 1 aromatic rings. The molecule has 66 valence electrons. The van der Waals surface area contributed by atoms with Gasteiger partial charge in [-0.25, -0.2) is 4.98 Å². The monoisotopic (exact) mass is 167 g/mol. The van der Waals surface area contributed by atoms with Gasteiger partial charge in [-0.3, -0.25) is 0 Å². The van der Waals surface area contributed by atoms with Crippen LogP contribution in [0.5, 0.6) is 0 Å². The Balaban J connectivity index is 2.13. The number of imidazole rings is 1. The van der Waals surface area contributed by atoms with Gasteiger partial charge in [-0.15, -0.1) is 0 Å².